The van der Waals surface area contributed by atoms with Gasteiger partial charge in [0.05, 0.1) is 22.9 Å². The number of fused-ring (bicyclic) bond motifs is 3. The van der Waals surface area contributed by atoms with Crippen molar-refractivity contribution in [2.24, 2.45) is 0 Å². The minimum absolute atomic E-state index is 0.402. The number of nitrogens with zero attached hydrogens (tertiary/aromatic N) is 3. The number of rotatable bonds is 3. The SMILES string of the molecule is COc1ccc(C(F)(F)F)cc1-c1cc2ncnc(N3CC4CCC(C3)N4)c2s1. The highest BCUT2D eigenvalue weighted by Gasteiger charge is 2.34. The lowest BCUT2D eigenvalue weighted by molar-refractivity contribution is -0.137. The molecule has 4 heterocycles. The van der Waals surface area contributed by atoms with Crippen molar-refractivity contribution in [1.82, 2.24) is 15.3 Å². The van der Waals surface area contributed by atoms with Crippen LogP contribution in [0.25, 0.3) is 20.7 Å². The Kier molecular flexibility index (Phi) is 4.40. The third-order valence-electron chi connectivity index (χ3n) is 5.60. The molecule has 1 aromatic carbocycles. The summed E-state index contributed by atoms with van der Waals surface area (Å²) in [5.74, 6) is 1.26. The fraction of sp³-hybridized carbons (Fsp3) is 0.400. The Morgan fingerprint density at radius 3 is 2.59 bits per heavy atom. The Morgan fingerprint density at radius 1 is 1.14 bits per heavy atom. The molecule has 0 amide bonds. The number of hydrogen-bond donors (Lipinski definition) is 1. The Bertz CT molecular complexity index is 1060. The summed E-state index contributed by atoms with van der Waals surface area (Å²) < 4.78 is 45.9. The van der Waals surface area contributed by atoms with Gasteiger partial charge in [0.25, 0.3) is 0 Å². The zero-order chi connectivity index (χ0) is 20.2. The predicted molar refractivity (Wildman–Crippen MR) is 107 cm³/mol. The number of hydrogen-bond acceptors (Lipinski definition) is 6. The van der Waals surface area contributed by atoms with Crippen LogP contribution in [0.4, 0.5) is 19.0 Å². The van der Waals surface area contributed by atoms with Gasteiger partial charge in [-0.25, -0.2) is 9.97 Å². The number of nitrogens with one attached hydrogen (secondary N) is 1. The number of piperazine rings is 1. The molecule has 152 valence electrons. The first-order valence-electron chi connectivity index (χ1n) is 9.43. The van der Waals surface area contributed by atoms with E-state index in [2.05, 4.69) is 20.2 Å². The normalized spacial score (nSPS) is 21.7. The first-order valence-corrected chi connectivity index (χ1v) is 10.2. The molecule has 2 aliphatic rings. The maximum atomic E-state index is 13.2. The van der Waals surface area contributed by atoms with Crippen LogP contribution in [0, 0.1) is 0 Å². The van der Waals surface area contributed by atoms with Crippen molar-refractivity contribution in [3.63, 3.8) is 0 Å². The van der Waals surface area contributed by atoms with E-state index in [1.54, 1.807) is 0 Å². The minimum atomic E-state index is -4.41. The number of alkyl halides is 3. The summed E-state index contributed by atoms with van der Waals surface area (Å²) in [6.07, 6.45) is -0.566. The largest absolute Gasteiger partial charge is 0.496 e. The summed E-state index contributed by atoms with van der Waals surface area (Å²) >= 11 is 1.41. The standard InChI is InChI=1S/C20H19F3N4OS/c1-28-16-5-2-11(20(21,22)23)6-14(16)17-7-15-18(29-17)19(25-10-24-15)27-8-12-3-4-13(9-27)26-12/h2,5-7,10,12-13,26H,3-4,8-9H2,1H3. The lowest BCUT2D eigenvalue weighted by atomic mass is 10.1. The van der Waals surface area contributed by atoms with E-state index in [1.807, 2.05) is 6.07 Å². The number of aromatic nitrogens is 2. The summed E-state index contributed by atoms with van der Waals surface area (Å²) in [5, 5.41) is 3.60. The first-order chi connectivity index (χ1) is 13.9. The van der Waals surface area contributed by atoms with Crippen molar-refractivity contribution < 1.29 is 17.9 Å². The average molecular weight is 420 g/mol. The van der Waals surface area contributed by atoms with Gasteiger partial charge in [0, 0.05) is 35.6 Å². The van der Waals surface area contributed by atoms with Gasteiger partial charge in [-0.2, -0.15) is 13.2 Å². The van der Waals surface area contributed by atoms with E-state index in [0.717, 1.165) is 54.1 Å². The van der Waals surface area contributed by atoms with Gasteiger partial charge in [-0.1, -0.05) is 0 Å². The molecule has 1 N–H and O–H groups in total. The molecule has 2 saturated heterocycles. The van der Waals surface area contributed by atoms with Crippen molar-refractivity contribution in [1.29, 1.82) is 0 Å². The van der Waals surface area contributed by atoms with Gasteiger partial charge in [-0.05, 0) is 37.1 Å². The Morgan fingerprint density at radius 2 is 1.90 bits per heavy atom. The van der Waals surface area contributed by atoms with Crippen LogP contribution in [0.15, 0.2) is 30.6 Å². The lowest BCUT2D eigenvalue weighted by Crippen LogP contribution is -2.51. The van der Waals surface area contributed by atoms with Crippen molar-refractivity contribution in [2.75, 3.05) is 25.1 Å². The van der Waals surface area contributed by atoms with Gasteiger partial charge in [-0.3, -0.25) is 0 Å². The highest BCUT2D eigenvalue weighted by atomic mass is 32.1. The number of benzene rings is 1. The van der Waals surface area contributed by atoms with Crippen LogP contribution in [-0.4, -0.2) is 42.3 Å². The predicted octanol–water partition coefficient (Wildman–Crippen LogP) is 4.33. The van der Waals surface area contributed by atoms with Crippen molar-refractivity contribution in [2.45, 2.75) is 31.1 Å². The summed E-state index contributed by atoms with van der Waals surface area (Å²) in [6.45, 7) is 1.76. The van der Waals surface area contributed by atoms with Gasteiger partial charge in [0.1, 0.15) is 17.9 Å². The first kappa shape index (κ1) is 18.6. The second-order valence-electron chi connectivity index (χ2n) is 7.48. The molecule has 2 atom stereocenters. The third kappa shape index (κ3) is 3.32. The monoisotopic (exact) mass is 420 g/mol. The molecule has 5 rings (SSSR count). The summed E-state index contributed by atoms with van der Waals surface area (Å²) in [7, 11) is 1.46. The highest BCUT2D eigenvalue weighted by molar-refractivity contribution is 7.22. The van der Waals surface area contributed by atoms with Crippen LogP contribution >= 0.6 is 11.3 Å². The van der Waals surface area contributed by atoms with Crippen LogP contribution in [0.5, 0.6) is 5.75 Å². The molecule has 0 radical (unpaired) electrons. The van der Waals surface area contributed by atoms with Crippen LogP contribution in [0.2, 0.25) is 0 Å². The molecule has 2 aromatic heterocycles. The van der Waals surface area contributed by atoms with Crippen molar-refractivity contribution in [3.8, 4) is 16.2 Å². The topological polar surface area (TPSA) is 50.3 Å². The van der Waals surface area contributed by atoms with Crippen LogP contribution in [0.3, 0.4) is 0 Å². The third-order valence-corrected chi connectivity index (χ3v) is 6.75. The van der Waals surface area contributed by atoms with Crippen LogP contribution < -0.4 is 15.0 Å². The maximum absolute atomic E-state index is 13.2. The van der Waals surface area contributed by atoms with Gasteiger partial charge < -0.3 is 15.0 Å². The zero-order valence-corrected chi connectivity index (χ0v) is 16.5. The lowest BCUT2D eigenvalue weighted by Gasteiger charge is -2.33. The molecule has 9 heteroatoms. The Balaban J connectivity index is 1.59. The molecule has 2 aliphatic heterocycles. The van der Waals surface area contributed by atoms with E-state index in [0.29, 0.717) is 28.3 Å². The van der Waals surface area contributed by atoms with E-state index < -0.39 is 11.7 Å². The van der Waals surface area contributed by atoms with E-state index in [4.69, 9.17) is 4.74 Å². The summed E-state index contributed by atoms with van der Waals surface area (Å²) in [6, 6.07) is 6.28. The van der Waals surface area contributed by atoms with Crippen LogP contribution in [-0.2, 0) is 6.18 Å². The van der Waals surface area contributed by atoms with Gasteiger partial charge in [0.15, 0.2) is 0 Å². The molecule has 29 heavy (non-hydrogen) atoms. The molecule has 2 bridgehead atoms. The summed E-state index contributed by atoms with van der Waals surface area (Å²) in [5.41, 5.74) is 0.452. The molecule has 0 spiro atoms. The van der Waals surface area contributed by atoms with Gasteiger partial charge in [0.2, 0.25) is 0 Å². The Hall–Kier alpha value is -2.39. The minimum Gasteiger partial charge on any atom is -0.496 e. The van der Waals surface area contributed by atoms with E-state index >= 15 is 0 Å². The number of thiophene rings is 1. The molecule has 0 aliphatic carbocycles. The second-order valence-corrected chi connectivity index (χ2v) is 8.53. The fourth-order valence-electron chi connectivity index (χ4n) is 4.25. The summed E-state index contributed by atoms with van der Waals surface area (Å²) in [4.78, 5) is 11.8. The average Bonchev–Trinajstić information content (AvgIpc) is 3.29. The molecular weight excluding hydrogens is 401 g/mol. The van der Waals surface area contributed by atoms with Crippen LogP contribution in [0.1, 0.15) is 18.4 Å². The molecule has 2 fully saturated rings. The van der Waals surface area contributed by atoms with E-state index in [-0.39, 0.29) is 0 Å². The molecule has 0 saturated carbocycles. The molecular formula is C20H19F3N4OS. The van der Waals surface area contributed by atoms with Gasteiger partial charge in [-0.15, -0.1) is 11.3 Å². The second kappa shape index (κ2) is 6.84. The number of ether oxygens (including phenoxy) is 1. The quantitative estimate of drug-likeness (QED) is 0.684. The molecule has 2 unspecified atom stereocenters. The van der Waals surface area contributed by atoms with Gasteiger partial charge >= 0.3 is 6.18 Å². The smallest absolute Gasteiger partial charge is 0.416 e. The van der Waals surface area contributed by atoms with Crippen molar-refractivity contribution >= 4 is 27.4 Å². The number of halogens is 3. The van der Waals surface area contributed by atoms with Crippen molar-refractivity contribution in [3.05, 3.63) is 36.2 Å². The van der Waals surface area contributed by atoms with E-state index in [9.17, 15) is 13.2 Å². The highest BCUT2D eigenvalue weighted by Crippen LogP contribution is 2.43. The van der Waals surface area contributed by atoms with E-state index in [1.165, 1.54) is 30.8 Å². The Labute approximate surface area is 169 Å². The zero-order valence-electron chi connectivity index (χ0n) is 15.7. The maximum Gasteiger partial charge on any atom is 0.416 e. The molecule has 5 nitrogen and oxygen atoms in total. The molecule has 3 aromatic rings. The number of anilines is 1. The number of methoxy groups -OCH3 is 1. The fourth-order valence-corrected chi connectivity index (χ4v) is 5.40.